The fourth-order valence-corrected chi connectivity index (χ4v) is 2.82. The van der Waals surface area contributed by atoms with Crippen LogP contribution in [0.5, 0.6) is 11.5 Å². The van der Waals surface area contributed by atoms with Gasteiger partial charge in [0.25, 0.3) is 5.91 Å². The lowest BCUT2D eigenvalue weighted by atomic mass is 10.2. The third kappa shape index (κ3) is 3.88. The molecule has 2 aromatic carbocycles. The van der Waals surface area contributed by atoms with E-state index in [2.05, 4.69) is 20.6 Å². The molecule has 1 aromatic heterocycles. The normalized spacial score (nSPS) is 12.1. The van der Waals surface area contributed by atoms with Crippen molar-refractivity contribution in [1.29, 1.82) is 0 Å². The highest BCUT2D eigenvalue weighted by molar-refractivity contribution is 6.03. The molecule has 0 saturated carbocycles. The van der Waals surface area contributed by atoms with E-state index in [4.69, 9.17) is 9.47 Å². The largest absolute Gasteiger partial charge is 0.454 e. The van der Waals surface area contributed by atoms with E-state index in [0.29, 0.717) is 28.8 Å². The lowest BCUT2D eigenvalue weighted by Gasteiger charge is -2.12. The van der Waals surface area contributed by atoms with Crippen molar-refractivity contribution in [3.05, 3.63) is 60.3 Å². The predicted molar refractivity (Wildman–Crippen MR) is 107 cm³/mol. The first-order chi connectivity index (χ1) is 13.6. The SMILES string of the molecule is CC(C)Nc1cc(C(=O)Nc2ccc3c(c2)OCO3)nc(-c2ccccc2)n1. The van der Waals surface area contributed by atoms with Gasteiger partial charge < -0.3 is 20.1 Å². The van der Waals surface area contributed by atoms with Gasteiger partial charge in [-0.1, -0.05) is 30.3 Å². The van der Waals surface area contributed by atoms with Crippen LogP contribution >= 0.6 is 0 Å². The van der Waals surface area contributed by atoms with Crippen LogP contribution in [0.2, 0.25) is 0 Å². The molecule has 0 bridgehead atoms. The summed E-state index contributed by atoms with van der Waals surface area (Å²) in [5.41, 5.74) is 1.72. The monoisotopic (exact) mass is 376 g/mol. The first-order valence-corrected chi connectivity index (χ1v) is 9.00. The Kier molecular flexibility index (Phi) is 4.80. The average Bonchev–Trinajstić information content (AvgIpc) is 3.16. The van der Waals surface area contributed by atoms with Crippen molar-refractivity contribution in [3.8, 4) is 22.9 Å². The van der Waals surface area contributed by atoms with Gasteiger partial charge >= 0.3 is 0 Å². The molecule has 0 aliphatic carbocycles. The van der Waals surface area contributed by atoms with Crippen LogP contribution in [0.3, 0.4) is 0 Å². The summed E-state index contributed by atoms with van der Waals surface area (Å²) in [6.07, 6.45) is 0. The Morgan fingerprint density at radius 2 is 1.79 bits per heavy atom. The van der Waals surface area contributed by atoms with Gasteiger partial charge in [0.15, 0.2) is 17.3 Å². The molecule has 1 aliphatic rings. The summed E-state index contributed by atoms with van der Waals surface area (Å²) in [5.74, 6) is 2.02. The number of amides is 1. The molecule has 1 amide bonds. The Balaban J connectivity index is 1.64. The van der Waals surface area contributed by atoms with Gasteiger partial charge in [0, 0.05) is 29.4 Å². The molecule has 0 atom stereocenters. The van der Waals surface area contributed by atoms with Gasteiger partial charge in [0.1, 0.15) is 11.5 Å². The van der Waals surface area contributed by atoms with Crippen LogP contribution in [0.1, 0.15) is 24.3 Å². The molecule has 28 heavy (non-hydrogen) atoms. The molecule has 0 spiro atoms. The van der Waals surface area contributed by atoms with Crippen molar-refractivity contribution in [2.24, 2.45) is 0 Å². The van der Waals surface area contributed by atoms with Crippen LogP contribution in [-0.2, 0) is 0 Å². The van der Waals surface area contributed by atoms with Crippen molar-refractivity contribution in [2.75, 3.05) is 17.4 Å². The van der Waals surface area contributed by atoms with E-state index >= 15 is 0 Å². The third-order valence-electron chi connectivity index (χ3n) is 4.06. The van der Waals surface area contributed by atoms with Crippen LogP contribution in [-0.4, -0.2) is 28.7 Å². The molecule has 3 aromatic rings. The van der Waals surface area contributed by atoms with Gasteiger partial charge in [-0.2, -0.15) is 0 Å². The second kappa shape index (κ2) is 7.56. The van der Waals surface area contributed by atoms with Crippen molar-refractivity contribution in [1.82, 2.24) is 9.97 Å². The maximum absolute atomic E-state index is 12.8. The molecule has 7 heteroatoms. The Morgan fingerprint density at radius 3 is 2.57 bits per heavy atom. The average molecular weight is 376 g/mol. The minimum absolute atomic E-state index is 0.170. The molecule has 142 valence electrons. The van der Waals surface area contributed by atoms with E-state index in [1.165, 1.54) is 0 Å². The zero-order valence-corrected chi connectivity index (χ0v) is 15.6. The molecule has 2 N–H and O–H groups in total. The Labute approximate surface area is 162 Å². The second-order valence-corrected chi connectivity index (χ2v) is 6.65. The van der Waals surface area contributed by atoms with Crippen molar-refractivity contribution in [3.63, 3.8) is 0 Å². The minimum Gasteiger partial charge on any atom is -0.454 e. The van der Waals surface area contributed by atoms with Gasteiger partial charge in [-0.25, -0.2) is 9.97 Å². The summed E-state index contributed by atoms with van der Waals surface area (Å²) in [7, 11) is 0. The summed E-state index contributed by atoms with van der Waals surface area (Å²) in [5, 5.41) is 6.09. The summed E-state index contributed by atoms with van der Waals surface area (Å²) >= 11 is 0. The summed E-state index contributed by atoms with van der Waals surface area (Å²) in [4.78, 5) is 21.8. The maximum Gasteiger partial charge on any atom is 0.274 e. The number of anilines is 2. The first kappa shape index (κ1) is 17.8. The highest BCUT2D eigenvalue weighted by Gasteiger charge is 2.17. The molecule has 4 rings (SSSR count). The molecule has 2 heterocycles. The number of hydrogen-bond donors (Lipinski definition) is 2. The number of carbonyl (C=O) groups is 1. The van der Waals surface area contributed by atoms with Crippen LogP contribution in [0, 0.1) is 0 Å². The van der Waals surface area contributed by atoms with E-state index in [1.54, 1.807) is 24.3 Å². The number of benzene rings is 2. The minimum atomic E-state index is -0.328. The van der Waals surface area contributed by atoms with Gasteiger partial charge in [0.05, 0.1) is 0 Å². The van der Waals surface area contributed by atoms with E-state index in [9.17, 15) is 4.79 Å². The van der Waals surface area contributed by atoms with Gasteiger partial charge in [-0.15, -0.1) is 0 Å². The van der Waals surface area contributed by atoms with E-state index in [-0.39, 0.29) is 24.4 Å². The Bertz CT molecular complexity index is 1010. The number of carbonyl (C=O) groups excluding carboxylic acids is 1. The highest BCUT2D eigenvalue weighted by atomic mass is 16.7. The number of nitrogens with one attached hydrogen (secondary N) is 2. The number of rotatable bonds is 5. The zero-order valence-electron chi connectivity index (χ0n) is 15.6. The lowest BCUT2D eigenvalue weighted by Crippen LogP contribution is -2.17. The van der Waals surface area contributed by atoms with Gasteiger partial charge in [-0.05, 0) is 26.0 Å². The Morgan fingerprint density at radius 1 is 1.00 bits per heavy atom. The number of fused-ring (bicyclic) bond motifs is 1. The Hall–Kier alpha value is -3.61. The molecule has 7 nitrogen and oxygen atoms in total. The summed E-state index contributed by atoms with van der Waals surface area (Å²) < 4.78 is 10.7. The van der Waals surface area contributed by atoms with Crippen molar-refractivity contribution < 1.29 is 14.3 Å². The number of hydrogen-bond acceptors (Lipinski definition) is 6. The van der Waals surface area contributed by atoms with Gasteiger partial charge in [-0.3, -0.25) is 4.79 Å². The van der Waals surface area contributed by atoms with Crippen molar-refractivity contribution in [2.45, 2.75) is 19.9 Å². The standard InChI is InChI=1S/C21H20N4O3/c1-13(2)22-19-11-16(24-20(25-19)14-6-4-3-5-7-14)21(26)23-15-8-9-17-18(10-15)28-12-27-17/h3-11,13H,12H2,1-2H3,(H,23,26)(H,22,24,25). The van der Waals surface area contributed by atoms with Crippen LogP contribution in [0.25, 0.3) is 11.4 Å². The third-order valence-corrected chi connectivity index (χ3v) is 4.06. The molecular formula is C21H20N4O3. The molecule has 0 radical (unpaired) electrons. The highest BCUT2D eigenvalue weighted by Crippen LogP contribution is 2.34. The first-order valence-electron chi connectivity index (χ1n) is 9.00. The van der Waals surface area contributed by atoms with E-state index in [0.717, 1.165) is 5.56 Å². The van der Waals surface area contributed by atoms with Crippen molar-refractivity contribution >= 4 is 17.4 Å². The van der Waals surface area contributed by atoms with Gasteiger partial charge in [0.2, 0.25) is 6.79 Å². The molecular weight excluding hydrogens is 356 g/mol. The van der Waals surface area contributed by atoms with E-state index < -0.39 is 0 Å². The molecule has 0 unspecified atom stereocenters. The van der Waals surface area contributed by atoms with E-state index in [1.807, 2.05) is 44.2 Å². The van der Waals surface area contributed by atoms with Crippen LogP contribution in [0.4, 0.5) is 11.5 Å². The zero-order chi connectivity index (χ0) is 19.5. The fourth-order valence-electron chi connectivity index (χ4n) is 2.82. The van der Waals surface area contributed by atoms with Crippen LogP contribution in [0.15, 0.2) is 54.6 Å². The molecule has 1 aliphatic heterocycles. The smallest absolute Gasteiger partial charge is 0.274 e. The predicted octanol–water partition coefficient (Wildman–Crippen LogP) is 3.94. The fraction of sp³-hybridized carbons (Fsp3) is 0.190. The summed E-state index contributed by atoms with van der Waals surface area (Å²) in [6, 6.07) is 16.6. The number of aromatic nitrogens is 2. The maximum atomic E-state index is 12.8. The second-order valence-electron chi connectivity index (χ2n) is 6.65. The van der Waals surface area contributed by atoms with Crippen LogP contribution < -0.4 is 20.1 Å². The quantitative estimate of drug-likeness (QED) is 0.701. The topological polar surface area (TPSA) is 85.4 Å². The number of nitrogens with zero attached hydrogens (tertiary/aromatic N) is 2. The number of ether oxygens (including phenoxy) is 2. The molecule has 0 fully saturated rings. The summed E-state index contributed by atoms with van der Waals surface area (Å²) in [6.45, 7) is 4.20. The lowest BCUT2D eigenvalue weighted by molar-refractivity contribution is 0.102. The molecule has 0 saturated heterocycles.